The molecule has 112 valence electrons. The van der Waals surface area contributed by atoms with Crippen LogP contribution in [0.5, 0.6) is 0 Å². The van der Waals surface area contributed by atoms with E-state index in [1.807, 2.05) is 6.07 Å². The van der Waals surface area contributed by atoms with Crippen LogP contribution in [0.2, 0.25) is 0 Å². The van der Waals surface area contributed by atoms with E-state index in [4.69, 9.17) is 5.73 Å². The molecule has 1 fully saturated rings. The number of aryl methyl sites for hydroxylation is 1. The average Bonchev–Trinajstić information content (AvgIpc) is 2.94. The van der Waals surface area contributed by atoms with E-state index >= 15 is 0 Å². The fraction of sp³-hybridized carbons (Fsp3) is 0.688. The quantitative estimate of drug-likeness (QED) is 0.904. The van der Waals surface area contributed by atoms with Crippen LogP contribution in [0.4, 0.5) is 0 Å². The smallest absolute Gasteiger partial charge is 0.264 e. The zero-order valence-electron chi connectivity index (χ0n) is 12.6. The lowest BCUT2D eigenvalue weighted by atomic mass is 9.90. The Hall–Kier alpha value is -0.870. The first kappa shape index (κ1) is 15.5. The van der Waals surface area contributed by atoms with Crippen LogP contribution < -0.4 is 5.73 Å². The van der Waals surface area contributed by atoms with E-state index in [1.165, 1.54) is 4.88 Å². The fourth-order valence-electron chi connectivity index (χ4n) is 2.93. The van der Waals surface area contributed by atoms with Crippen LogP contribution in [0, 0.1) is 0 Å². The number of rotatable bonds is 5. The summed E-state index contributed by atoms with van der Waals surface area (Å²) >= 11 is 1.64. The molecule has 0 unspecified atom stereocenters. The van der Waals surface area contributed by atoms with Crippen molar-refractivity contribution in [3.63, 3.8) is 0 Å². The van der Waals surface area contributed by atoms with Crippen molar-refractivity contribution < 1.29 is 4.79 Å². The maximum atomic E-state index is 12.7. The first-order valence-electron chi connectivity index (χ1n) is 7.81. The van der Waals surface area contributed by atoms with Crippen LogP contribution in [-0.2, 0) is 6.42 Å². The maximum absolute atomic E-state index is 12.7. The highest BCUT2D eigenvalue weighted by atomic mass is 32.1. The van der Waals surface area contributed by atoms with Gasteiger partial charge in [0, 0.05) is 23.5 Å². The summed E-state index contributed by atoms with van der Waals surface area (Å²) in [6, 6.07) is 4.79. The van der Waals surface area contributed by atoms with Crippen molar-refractivity contribution in [3.05, 3.63) is 21.9 Å². The van der Waals surface area contributed by atoms with Crippen molar-refractivity contribution in [2.75, 3.05) is 6.54 Å². The molecule has 1 aliphatic carbocycles. The Kier molecular flexibility index (Phi) is 5.61. The zero-order chi connectivity index (χ0) is 14.5. The highest BCUT2D eigenvalue weighted by Gasteiger charge is 2.28. The molecule has 1 saturated carbocycles. The molecule has 0 radical (unpaired) electrons. The number of carbonyl (C=O) groups is 1. The van der Waals surface area contributed by atoms with Crippen LogP contribution in [-0.4, -0.2) is 29.4 Å². The molecule has 0 aromatic carbocycles. The van der Waals surface area contributed by atoms with Crippen LogP contribution in [0.15, 0.2) is 12.1 Å². The highest BCUT2D eigenvalue weighted by molar-refractivity contribution is 7.14. The van der Waals surface area contributed by atoms with Crippen molar-refractivity contribution in [1.82, 2.24) is 4.90 Å². The second-order valence-corrected chi connectivity index (χ2v) is 6.85. The van der Waals surface area contributed by atoms with Crippen molar-refractivity contribution in [3.8, 4) is 0 Å². The number of amides is 1. The summed E-state index contributed by atoms with van der Waals surface area (Å²) in [6.07, 6.45) is 6.22. The van der Waals surface area contributed by atoms with Crippen LogP contribution in [0.1, 0.15) is 60.5 Å². The Balaban J connectivity index is 2.08. The largest absolute Gasteiger partial charge is 0.335 e. The predicted molar refractivity (Wildman–Crippen MR) is 85.3 cm³/mol. The van der Waals surface area contributed by atoms with Gasteiger partial charge in [-0.25, -0.2) is 0 Å². The minimum absolute atomic E-state index is 0.219. The third kappa shape index (κ3) is 3.61. The van der Waals surface area contributed by atoms with E-state index < -0.39 is 0 Å². The van der Waals surface area contributed by atoms with Gasteiger partial charge in [-0.05, 0) is 50.7 Å². The number of hydrogen-bond donors (Lipinski definition) is 1. The van der Waals surface area contributed by atoms with Gasteiger partial charge in [0.2, 0.25) is 0 Å². The number of carbonyl (C=O) groups excluding carboxylic acids is 1. The Morgan fingerprint density at radius 1 is 1.30 bits per heavy atom. The molecule has 3 nitrogen and oxygen atoms in total. The molecule has 0 saturated heterocycles. The van der Waals surface area contributed by atoms with Gasteiger partial charge in [-0.1, -0.05) is 13.8 Å². The normalized spacial score (nSPS) is 22.8. The summed E-state index contributed by atoms with van der Waals surface area (Å²) in [6.45, 7) is 5.13. The van der Waals surface area contributed by atoms with E-state index in [0.717, 1.165) is 49.9 Å². The predicted octanol–water partition coefficient (Wildman–Crippen LogP) is 3.43. The molecule has 1 aromatic heterocycles. The highest BCUT2D eigenvalue weighted by Crippen LogP contribution is 2.26. The molecule has 1 amide bonds. The molecule has 20 heavy (non-hydrogen) atoms. The lowest BCUT2D eigenvalue weighted by molar-refractivity contribution is 0.0632. The van der Waals surface area contributed by atoms with Gasteiger partial charge in [-0.15, -0.1) is 11.3 Å². The second-order valence-electron chi connectivity index (χ2n) is 5.69. The molecule has 0 atom stereocenters. The van der Waals surface area contributed by atoms with Crippen LogP contribution >= 0.6 is 11.3 Å². The van der Waals surface area contributed by atoms with E-state index in [9.17, 15) is 4.79 Å². The summed E-state index contributed by atoms with van der Waals surface area (Å²) in [5.74, 6) is 0.219. The third-order valence-electron chi connectivity index (χ3n) is 4.13. The Morgan fingerprint density at radius 3 is 2.55 bits per heavy atom. The Labute approximate surface area is 126 Å². The van der Waals surface area contributed by atoms with Crippen molar-refractivity contribution in [2.45, 2.75) is 64.5 Å². The lowest BCUT2D eigenvalue weighted by Crippen LogP contribution is -2.44. The second kappa shape index (κ2) is 7.23. The van der Waals surface area contributed by atoms with Gasteiger partial charge in [0.1, 0.15) is 0 Å². The number of nitrogens with zero attached hydrogens (tertiary/aromatic N) is 1. The molecule has 2 N–H and O–H groups in total. The van der Waals surface area contributed by atoms with Gasteiger partial charge in [0.05, 0.1) is 4.88 Å². The average molecular weight is 294 g/mol. The lowest BCUT2D eigenvalue weighted by Gasteiger charge is -2.35. The Morgan fingerprint density at radius 2 is 2.00 bits per heavy atom. The molecule has 2 rings (SSSR count). The summed E-state index contributed by atoms with van der Waals surface area (Å²) in [5, 5.41) is 0. The fourth-order valence-corrected chi connectivity index (χ4v) is 3.83. The van der Waals surface area contributed by atoms with Gasteiger partial charge in [-0.3, -0.25) is 4.79 Å². The first-order valence-corrected chi connectivity index (χ1v) is 8.62. The standard InChI is InChI=1S/C16H26N2OS/c1-3-11-18(13-7-5-12(17)6-8-13)16(19)15-10-9-14(4-2)20-15/h9-10,12-13H,3-8,11,17H2,1-2H3. The molecule has 0 bridgehead atoms. The topological polar surface area (TPSA) is 46.3 Å². The summed E-state index contributed by atoms with van der Waals surface area (Å²) in [5.41, 5.74) is 5.98. The van der Waals surface area contributed by atoms with E-state index in [1.54, 1.807) is 11.3 Å². The molecule has 1 heterocycles. The van der Waals surface area contributed by atoms with Gasteiger partial charge >= 0.3 is 0 Å². The molecule has 0 aliphatic heterocycles. The zero-order valence-corrected chi connectivity index (χ0v) is 13.4. The van der Waals surface area contributed by atoms with Crippen molar-refractivity contribution >= 4 is 17.2 Å². The summed E-state index contributed by atoms with van der Waals surface area (Å²) in [7, 11) is 0. The number of thiophene rings is 1. The van der Waals surface area contributed by atoms with Gasteiger partial charge in [-0.2, -0.15) is 0 Å². The van der Waals surface area contributed by atoms with Crippen molar-refractivity contribution in [1.29, 1.82) is 0 Å². The molecular formula is C16H26N2OS. The minimum atomic E-state index is 0.219. The van der Waals surface area contributed by atoms with Crippen LogP contribution in [0.3, 0.4) is 0 Å². The van der Waals surface area contributed by atoms with E-state index in [2.05, 4.69) is 24.8 Å². The van der Waals surface area contributed by atoms with Gasteiger partial charge in [0.25, 0.3) is 5.91 Å². The summed E-state index contributed by atoms with van der Waals surface area (Å²) < 4.78 is 0. The molecular weight excluding hydrogens is 268 g/mol. The molecule has 4 heteroatoms. The molecule has 1 aliphatic rings. The first-order chi connectivity index (χ1) is 9.65. The summed E-state index contributed by atoms with van der Waals surface area (Å²) in [4.78, 5) is 17.0. The molecule has 0 spiro atoms. The monoisotopic (exact) mass is 294 g/mol. The van der Waals surface area contributed by atoms with Crippen LogP contribution in [0.25, 0.3) is 0 Å². The van der Waals surface area contributed by atoms with E-state index in [0.29, 0.717) is 12.1 Å². The van der Waals surface area contributed by atoms with E-state index in [-0.39, 0.29) is 5.91 Å². The number of hydrogen-bond acceptors (Lipinski definition) is 3. The Bertz CT molecular complexity index is 435. The van der Waals surface area contributed by atoms with Gasteiger partial charge < -0.3 is 10.6 Å². The molecule has 1 aromatic rings. The third-order valence-corrected chi connectivity index (χ3v) is 5.35. The number of nitrogens with two attached hydrogens (primary N) is 1. The minimum Gasteiger partial charge on any atom is -0.335 e. The maximum Gasteiger partial charge on any atom is 0.264 e. The van der Waals surface area contributed by atoms with Gasteiger partial charge in [0.15, 0.2) is 0 Å². The van der Waals surface area contributed by atoms with Crippen molar-refractivity contribution in [2.24, 2.45) is 5.73 Å². The SMILES string of the molecule is CCCN(C(=O)c1ccc(CC)s1)C1CCC(N)CC1.